The predicted molar refractivity (Wildman–Crippen MR) is 98.8 cm³/mol. The average molecular weight is 356 g/mol. The number of benzene rings is 2. The van der Waals surface area contributed by atoms with Gasteiger partial charge >= 0.3 is 0 Å². The lowest BCUT2D eigenvalue weighted by atomic mass is 10.0. The van der Waals surface area contributed by atoms with Crippen LogP contribution in [0.1, 0.15) is 32.3 Å². The summed E-state index contributed by atoms with van der Waals surface area (Å²) in [4.78, 5) is 23.7. The molecular formula is C20H24N2O4. The maximum atomic E-state index is 11.9. The predicted octanol–water partition coefficient (Wildman–Crippen LogP) is 2.80. The third-order valence-electron chi connectivity index (χ3n) is 3.67. The number of para-hydroxylation sites is 1. The monoisotopic (exact) mass is 356 g/mol. The number of hydrogen-bond donors (Lipinski definition) is 2. The molecule has 2 aromatic carbocycles. The lowest BCUT2D eigenvalue weighted by molar-refractivity contribution is -0.133. The smallest absolute Gasteiger partial charge is 0.279 e. The van der Waals surface area contributed by atoms with Gasteiger partial charge in [-0.05, 0) is 42.7 Å². The van der Waals surface area contributed by atoms with Crippen molar-refractivity contribution in [2.24, 2.45) is 0 Å². The van der Waals surface area contributed by atoms with E-state index in [2.05, 4.69) is 24.7 Å². The standard InChI is InChI=1S/C20H24N2O4/c1-14(2)16-9-11-17(12-10-16)25-13-19(23)21-22-20(24)15(3)26-18-7-5-4-6-8-18/h4-12,14-15H,13H2,1-3H3,(H,21,23)(H,22,24). The SMILES string of the molecule is CC(Oc1ccccc1)C(=O)NNC(=O)COc1ccc(C(C)C)cc1. The summed E-state index contributed by atoms with van der Waals surface area (Å²) in [6.45, 7) is 5.61. The molecule has 0 saturated heterocycles. The molecule has 0 aliphatic carbocycles. The molecule has 0 spiro atoms. The van der Waals surface area contributed by atoms with Crippen LogP contribution >= 0.6 is 0 Å². The highest BCUT2D eigenvalue weighted by molar-refractivity contribution is 5.85. The third-order valence-corrected chi connectivity index (χ3v) is 3.67. The van der Waals surface area contributed by atoms with Crippen molar-refractivity contribution in [2.75, 3.05) is 6.61 Å². The summed E-state index contributed by atoms with van der Waals surface area (Å²) >= 11 is 0. The topological polar surface area (TPSA) is 76.7 Å². The molecular weight excluding hydrogens is 332 g/mol. The first-order valence-electron chi connectivity index (χ1n) is 8.49. The molecule has 2 aromatic rings. The Morgan fingerprint density at radius 1 is 0.885 bits per heavy atom. The molecule has 0 heterocycles. The number of carbonyl (C=O) groups excluding carboxylic acids is 2. The largest absolute Gasteiger partial charge is 0.484 e. The van der Waals surface area contributed by atoms with Crippen LogP contribution in [0, 0.1) is 0 Å². The van der Waals surface area contributed by atoms with E-state index >= 15 is 0 Å². The third kappa shape index (κ3) is 6.12. The Kier molecular flexibility index (Phi) is 7.02. The number of rotatable bonds is 7. The molecule has 0 aromatic heterocycles. The van der Waals surface area contributed by atoms with E-state index in [4.69, 9.17) is 9.47 Å². The highest BCUT2D eigenvalue weighted by Gasteiger charge is 2.15. The van der Waals surface area contributed by atoms with Crippen LogP contribution in [-0.2, 0) is 9.59 Å². The Labute approximate surface area is 153 Å². The van der Waals surface area contributed by atoms with E-state index in [-0.39, 0.29) is 6.61 Å². The highest BCUT2D eigenvalue weighted by atomic mass is 16.5. The van der Waals surface area contributed by atoms with E-state index in [1.165, 1.54) is 5.56 Å². The molecule has 2 amide bonds. The van der Waals surface area contributed by atoms with Crippen LogP contribution in [0.3, 0.4) is 0 Å². The Morgan fingerprint density at radius 2 is 1.54 bits per heavy atom. The van der Waals surface area contributed by atoms with Crippen molar-refractivity contribution in [2.45, 2.75) is 32.8 Å². The van der Waals surface area contributed by atoms with E-state index in [1.807, 2.05) is 42.5 Å². The summed E-state index contributed by atoms with van der Waals surface area (Å²) in [5, 5.41) is 0. The van der Waals surface area contributed by atoms with Gasteiger partial charge in [-0.25, -0.2) is 0 Å². The summed E-state index contributed by atoms with van der Waals surface area (Å²) < 4.78 is 10.9. The van der Waals surface area contributed by atoms with Crippen molar-refractivity contribution in [3.05, 3.63) is 60.2 Å². The van der Waals surface area contributed by atoms with Crippen molar-refractivity contribution < 1.29 is 19.1 Å². The van der Waals surface area contributed by atoms with Crippen LogP contribution in [-0.4, -0.2) is 24.5 Å². The lowest BCUT2D eigenvalue weighted by Gasteiger charge is -2.15. The molecule has 0 aliphatic heterocycles. The summed E-state index contributed by atoms with van der Waals surface area (Å²) in [7, 11) is 0. The van der Waals surface area contributed by atoms with Gasteiger partial charge in [-0.3, -0.25) is 20.4 Å². The van der Waals surface area contributed by atoms with Gasteiger partial charge in [0.2, 0.25) is 0 Å². The molecule has 0 bridgehead atoms. The van der Waals surface area contributed by atoms with Crippen LogP contribution in [0.15, 0.2) is 54.6 Å². The zero-order chi connectivity index (χ0) is 18.9. The van der Waals surface area contributed by atoms with Gasteiger partial charge in [0.25, 0.3) is 11.8 Å². The number of amides is 2. The first-order chi connectivity index (χ1) is 12.5. The van der Waals surface area contributed by atoms with Crippen molar-refractivity contribution in [3.8, 4) is 11.5 Å². The summed E-state index contributed by atoms with van der Waals surface area (Å²) in [6.07, 6.45) is -0.748. The quantitative estimate of drug-likeness (QED) is 0.748. The first kappa shape index (κ1) is 19.3. The van der Waals surface area contributed by atoms with E-state index < -0.39 is 17.9 Å². The Balaban J connectivity index is 1.71. The van der Waals surface area contributed by atoms with Gasteiger partial charge in [0.05, 0.1) is 0 Å². The molecule has 2 rings (SSSR count). The Bertz CT molecular complexity index is 714. The second kappa shape index (κ2) is 9.46. The van der Waals surface area contributed by atoms with Crippen LogP contribution < -0.4 is 20.3 Å². The Morgan fingerprint density at radius 3 is 2.15 bits per heavy atom. The molecule has 6 heteroatoms. The van der Waals surface area contributed by atoms with Gasteiger partial charge in [0, 0.05) is 0 Å². The van der Waals surface area contributed by atoms with Crippen LogP contribution in [0.5, 0.6) is 11.5 Å². The minimum Gasteiger partial charge on any atom is -0.484 e. The number of ether oxygens (including phenoxy) is 2. The molecule has 6 nitrogen and oxygen atoms in total. The zero-order valence-corrected chi connectivity index (χ0v) is 15.2. The molecule has 0 radical (unpaired) electrons. The fourth-order valence-electron chi connectivity index (χ4n) is 2.12. The average Bonchev–Trinajstić information content (AvgIpc) is 2.65. The molecule has 1 atom stereocenters. The maximum absolute atomic E-state index is 11.9. The van der Waals surface area contributed by atoms with Crippen molar-refractivity contribution in [1.29, 1.82) is 0 Å². The van der Waals surface area contributed by atoms with Crippen LogP contribution in [0.2, 0.25) is 0 Å². The molecule has 0 fully saturated rings. The highest BCUT2D eigenvalue weighted by Crippen LogP contribution is 2.18. The molecule has 0 saturated carbocycles. The van der Waals surface area contributed by atoms with Gasteiger partial charge in [-0.2, -0.15) is 0 Å². The Hall–Kier alpha value is -3.02. The number of carbonyl (C=O) groups is 2. The van der Waals surface area contributed by atoms with Gasteiger partial charge in [-0.15, -0.1) is 0 Å². The summed E-state index contributed by atoms with van der Waals surface area (Å²) in [5.41, 5.74) is 5.82. The van der Waals surface area contributed by atoms with Crippen LogP contribution in [0.4, 0.5) is 0 Å². The van der Waals surface area contributed by atoms with Gasteiger partial charge in [0.1, 0.15) is 11.5 Å². The number of hydrogen-bond acceptors (Lipinski definition) is 4. The van der Waals surface area contributed by atoms with E-state index in [1.54, 1.807) is 19.1 Å². The fraction of sp³-hybridized carbons (Fsp3) is 0.300. The van der Waals surface area contributed by atoms with Crippen molar-refractivity contribution >= 4 is 11.8 Å². The van der Waals surface area contributed by atoms with Crippen molar-refractivity contribution in [1.82, 2.24) is 10.9 Å². The minimum atomic E-state index is -0.748. The molecule has 1 unspecified atom stereocenters. The lowest BCUT2D eigenvalue weighted by Crippen LogP contribution is -2.48. The fourth-order valence-corrected chi connectivity index (χ4v) is 2.12. The second-order valence-electron chi connectivity index (χ2n) is 6.12. The number of nitrogens with one attached hydrogen (secondary N) is 2. The molecule has 26 heavy (non-hydrogen) atoms. The minimum absolute atomic E-state index is 0.199. The normalized spacial score (nSPS) is 11.5. The zero-order valence-electron chi connectivity index (χ0n) is 15.2. The van der Waals surface area contributed by atoms with Gasteiger partial charge in [-0.1, -0.05) is 44.2 Å². The van der Waals surface area contributed by atoms with E-state index in [9.17, 15) is 9.59 Å². The van der Waals surface area contributed by atoms with Crippen LogP contribution in [0.25, 0.3) is 0 Å². The summed E-state index contributed by atoms with van der Waals surface area (Å²) in [5.74, 6) is 0.690. The van der Waals surface area contributed by atoms with E-state index in [0.717, 1.165) is 0 Å². The van der Waals surface area contributed by atoms with Crippen molar-refractivity contribution in [3.63, 3.8) is 0 Å². The van der Waals surface area contributed by atoms with E-state index in [0.29, 0.717) is 17.4 Å². The molecule has 2 N–H and O–H groups in total. The number of hydrazine groups is 1. The van der Waals surface area contributed by atoms with Gasteiger partial charge < -0.3 is 9.47 Å². The second-order valence-corrected chi connectivity index (χ2v) is 6.12. The summed E-state index contributed by atoms with van der Waals surface area (Å²) in [6, 6.07) is 16.5. The molecule has 138 valence electrons. The maximum Gasteiger partial charge on any atom is 0.279 e. The molecule has 0 aliphatic rings. The van der Waals surface area contributed by atoms with Gasteiger partial charge in [0.15, 0.2) is 12.7 Å². The first-order valence-corrected chi connectivity index (χ1v) is 8.49.